The number of fused-ring (bicyclic) bond motifs is 1. The Morgan fingerprint density at radius 2 is 1.91 bits per heavy atom. The van der Waals surface area contributed by atoms with E-state index in [0.29, 0.717) is 17.0 Å². The summed E-state index contributed by atoms with van der Waals surface area (Å²) in [5.41, 5.74) is 3.03. The summed E-state index contributed by atoms with van der Waals surface area (Å²) in [5, 5.41) is 5.68. The van der Waals surface area contributed by atoms with Gasteiger partial charge in [0, 0.05) is 35.9 Å². The summed E-state index contributed by atoms with van der Waals surface area (Å²) in [7, 11) is 3.91. The van der Waals surface area contributed by atoms with Crippen molar-refractivity contribution >= 4 is 40.6 Å². The molecule has 0 bridgehead atoms. The highest BCUT2D eigenvalue weighted by atomic mass is 32.2. The summed E-state index contributed by atoms with van der Waals surface area (Å²) in [6, 6.07) is 12.9. The van der Waals surface area contributed by atoms with Crippen molar-refractivity contribution in [2.45, 2.75) is 4.90 Å². The fourth-order valence-corrected chi connectivity index (χ4v) is 3.06. The normalized spacial score (nSPS) is 13.0. The van der Waals surface area contributed by atoms with Gasteiger partial charge in [0.05, 0.1) is 11.4 Å². The van der Waals surface area contributed by atoms with Crippen LogP contribution < -0.4 is 15.5 Å². The molecule has 0 atom stereocenters. The Balaban J connectivity index is 1.75. The molecule has 6 heteroatoms. The molecular formula is C17H17N3O2S. The molecule has 0 unspecified atom stereocenters. The number of thioether (sulfide) groups is 1. The van der Waals surface area contributed by atoms with Gasteiger partial charge in [-0.15, -0.1) is 11.8 Å². The van der Waals surface area contributed by atoms with Crippen molar-refractivity contribution in [3.05, 3.63) is 48.0 Å². The van der Waals surface area contributed by atoms with E-state index >= 15 is 0 Å². The number of rotatable bonds is 3. The van der Waals surface area contributed by atoms with Crippen molar-refractivity contribution in [2.75, 3.05) is 35.4 Å². The van der Waals surface area contributed by atoms with E-state index < -0.39 is 0 Å². The minimum atomic E-state index is -0.176. The third kappa shape index (κ3) is 3.48. The zero-order valence-electron chi connectivity index (χ0n) is 12.9. The Hall–Kier alpha value is -2.47. The molecule has 0 fully saturated rings. The number of nitrogens with zero attached hydrogens (tertiary/aromatic N) is 1. The van der Waals surface area contributed by atoms with Crippen molar-refractivity contribution in [1.82, 2.24) is 0 Å². The zero-order chi connectivity index (χ0) is 16.4. The van der Waals surface area contributed by atoms with E-state index in [1.54, 1.807) is 18.2 Å². The van der Waals surface area contributed by atoms with Gasteiger partial charge >= 0.3 is 0 Å². The Bertz CT molecular complexity index is 757. The Kier molecular flexibility index (Phi) is 4.25. The van der Waals surface area contributed by atoms with E-state index in [9.17, 15) is 9.59 Å². The summed E-state index contributed by atoms with van der Waals surface area (Å²) in [5.74, 6) is 0.229. The molecule has 0 saturated heterocycles. The fourth-order valence-electron chi connectivity index (χ4n) is 2.28. The van der Waals surface area contributed by atoms with Crippen LogP contribution in [0.25, 0.3) is 0 Å². The smallest absolute Gasteiger partial charge is 0.255 e. The monoisotopic (exact) mass is 327 g/mol. The lowest BCUT2D eigenvalue weighted by Crippen LogP contribution is -2.19. The molecule has 2 aromatic rings. The van der Waals surface area contributed by atoms with Gasteiger partial charge in [0.25, 0.3) is 5.91 Å². The summed E-state index contributed by atoms with van der Waals surface area (Å²) < 4.78 is 0. The topological polar surface area (TPSA) is 61.4 Å². The predicted molar refractivity (Wildman–Crippen MR) is 94.5 cm³/mol. The van der Waals surface area contributed by atoms with Crippen LogP contribution in [0, 0.1) is 0 Å². The molecule has 2 amide bonds. The van der Waals surface area contributed by atoms with Gasteiger partial charge in [-0.1, -0.05) is 0 Å². The number of anilines is 3. The minimum absolute atomic E-state index is 0.0229. The summed E-state index contributed by atoms with van der Waals surface area (Å²) in [4.78, 5) is 26.7. The number of benzene rings is 2. The third-order valence-corrected chi connectivity index (χ3v) is 4.59. The maximum atomic E-state index is 12.3. The van der Waals surface area contributed by atoms with Gasteiger partial charge in [-0.05, 0) is 42.5 Å². The molecule has 0 spiro atoms. The number of hydrogen-bond donors (Lipinski definition) is 2. The highest BCUT2D eigenvalue weighted by Gasteiger charge is 2.16. The lowest BCUT2D eigenvalue weighted by Gasteiger charge is -2.17. The van der Waals surface area contributed by atoms with Crippen LogP contribution >= 0.6 is 11.8 Å². The van der Waals surface area contributed by atoms with Gasteiger partial charge in [-0.2, -0.15) is 0 Å². The van der Waals surface area contributed by atoms with E-state index in [1.165, 1.54) is 11.8 Å². The van der Waals surface area contributed by atoms with Crippen molar-refractivity contribution in [2.24, 2.45) is 0 Å². The van der Waals surface area contributed by atoms with Crippen LogP contribution in [-0.2, 0) is 4.79 Å². The largest absolute Gasteiger partial charge is 0.378 e. The van der Waals surface area contributed by atoms with Gasteiger partial charge in [-0.3, -0.25) is 9.59 Å². The van der Waals surface area contributed by atoms with Crippen molar-refractivity contribution < 1.29 is 9.59 Å². The molecule has 1 aliphatic rings. The van der Waals surface area contributed by atoms with E-state index in [0.717, 1.165) is 16.3 Å². The van der Waals surface area contributed by atoms with E-state index in [2.05, 4.69) is 10.6 Å². The lowest BCUT2D eigenvalue weighted by atomic mass is 10.1. The number of carbonyl (C=O) groups is 2. The average Bonchev–Trinajstić information content (AvgIpc) is 2.54. The van der Waals surface area contributed by atoms with Crippen LogP contribution in [-0.4, -0.2) is 31.7 Å². The first-order chi connectivity index (χ1) is 11.0. The highest BCUT2D eigenvalue weighted by Crippen LogP contribution is 2.33. The summed E-state index contributed by atoms with van der Waals surface area (Å²) >= 11 is 1.50. The van der Waals surface area contributed by atoms with Crippen LogP contribution in [0.2, 0.25) is 0 Å². The fraction of sp³-hybridized carbons (Fsp3) is 0.176. The third-order valence-electron chi connectivity index (χ3n) is 3.52. The average molecular weight is 327 g/mol. The van der Waals surface area contributed by atoms with Gasteiger partial charge in [0.1, 0.15) is 0 Å². The lowest BCUT2D eigenvalue weighted by molar-refractivity contribution is -0.113. The molecular weight excluding hydrogens is 310 g/mol. The van der Waals surface area contributed by atoms with Gasteiger partial charge in [-0.25, -0.2) is 0 Å². The Labute approximate surface area is 139 Å². The van der Waals surface area contributed by atoms with E-state index in [1.807, 2.05) is 43.3 Å². The molecule has 1 heterocycles. The quantitative estimate of drug-likeness (QED) is 0.909. The molecule has 2 N–H and O–H groups in total. The second-order valence-corrected chi connectivity index (χ2v) is 6.46. The molecule has 2 aromatic carbocycles. The van der Waals surface area contributed by atoms with E-state index in [-0.39, 0.29) is 11.8 Å². The van der Waals surface area contributed by atoms with Crippen LogP contribution in [0.5, 0.6) is 0 Å². The Morgan fingerprint density at radius 1 is 1.17 bits per heavy atom. The molecule has 0 saturated carbocycles. The molecule has 3 rings (SSSR count). The van der Waals surface area contributed by atoms with Gasteiger partial charge in [0.2, 0.25) is 5.91 Å². The molecule has 118 valence electrons. The molecule has 1 aliphatic heterocycles. The number of nitrogens with one attached hydrogen (secondary N) is 2. The summed E-state index contributed by atoms with van der Waals surface area (Å²) in [6.07, 6.45) is 0. The van der Waals surface area contributed by atoms with Gasteiger partial charge in [0.15, 0.2) is 0 Å². The second kappa shape index (κ2) is 6.34. The van der Waals surface area contributed by atoms with Crippen molar-refractivity contribution in [3.8, 4) is 0 Å². The minimum Gasteiger partial charge on any atom is -0.378 e. The molecule has 0 aromatic heterocycles. The van der Waals surface area contributed by atoms with Crippen molar-refractivity contribution in [3.63, 3.8) is 0 Å². The maximum absolute atomic E-state index is 12.3. The first-order valence-electron chi connectivity index (χ1n) is 7.18. The van der Waals surface area contributed by atoms with Gasteiger partial charge < -0.3 is 15.5 Å². The second-order valence-electron chi connectivity index (χ2n) is 5.44. The SMILES string of the molecule is CN(C)c1ccc(C(=O)Nc2ccc3c(c2)NC(=O)CS3)cc1. The van der Waals surface area contributed by atoms with Crippen LogP contribution in [0.1, 0.15) is 10.4 Å². The van der Waals surface area contributed by atoms with Crippen LogP contribution in [0.3, 0.4) is 0 Å². The van der Waals surface area contributed by atoms with Crippen molar-refractivity contribution in [1.29, 1.82) is 0 Å². The summed E-state index contributed by atoms with van der Waals surface area (Å²) in [6.45, 7) is 0. The highest BCUT2D eigenvalue weighted by molar-refractivity contribution is 8.00. The van der Waals surface area contributed by atoms with Crippen LogP contribution in [0.4, 0.5) is 17.1 Å². The van der Waals surface area contributed by atoms with E-state index in [4.69, 9.17) is 0 Å². The Morgan fingerprint density at radius 3 is 2.61 bits per heavy atom. The van der Waals surface area contributed by atoms with Crippen LogP contribution in [0.15, 0.2) is 47.4 Å². The number of hydrogen-bond acceptors (Lipinski definition) is 4. The number of amides is 2. The first-order valence-corrected chi connectivity index (χ1v) is 8.17. The first kappa shape index (κ1) is 15.4. The number of carbonyl (C=O) groups excluding carboxylic acids is 2. The molecule has 0 aliphatic carbocycles. The predicted octanol–water partition coefficient (Wildman–Crippen LogP) is 3.05. The molecule has 23 heavy (non-hydrogen) atoms. The molecule has 0 radical (unpaired) electrons. The standard InChI is InChI=1S/C17H17N3O2S/c1-20(2)13-6-3-11(4-7-13)17(22)18-12-5-8-15-14(9-12)19-16(21)10-23-15/h3-9H,10H2,1-2H3,(H,18,22)(H,19,21). The maximum Gasteiger partial charge on any atom is 0.255 e. The molecule has 5 nitrogen and oxygen atoms in total. The zero-order valence-corrected chi connectivity index (χ0v) is 13.7.